The van der Waals surface area contributed by atoms with Gasteiger partial charge in [0.1, 0.15) is 17.7 Å². The van der Waals surface area contributed by atoms with Crippen molar-refractivity contribution in [2.75, 3.05) is 6.61 Å². The van der Waals surface area contributed by atoms with Crippen molar-refractivity contribution < 1.29 is 18.6 Å². The Balaban J connectivity index is 2.38. The minimum Gasteiger partial charge on any atom is -0.385 e. The highest BCUT2D eigenvalue weighted by molar-refractivity contribution is 5.25. The first-order chi connectivity index (χ1) is 9.50. The third-order valence-corrected chi connectivity index (χ3v) is 4.19. The predicted octanol–water partition coefficient (Wildman–Crippen LogP) is 3.98. The summed E-state index contributed by atoms with van der Waals surface area (Å²) in [6.07, 6.45) is 1.93. The van der Waals surface area contributed by atoms with Crippen LogP contribution in [0, 0.1) is 17.6 Å². The van der Waals surface area contributed by atoms with Gasteiger partial charge < -0.3 is 9.84 Å². The molecule has 0 amide bonds. The van der Waals surface area contributed by atoms with E-state index in [1.807, 2.05) is 6.92 Å². The highest BCUT2D eigenvalue weighted by Crippen LogP contribution is 2.44. The van der Waals surface area contributed by atoms with Crippen LogP contribution in [0.1, 0.15) is 51.2 Å². The maximum Gasteiger partial charge on any atom is 0.132 e. The van der Waals surface area contributed by atoms with E-state index in [1.165, 1.54) is 18.2 Å². The maximum absolute atomic E-state index is 13.9. The Morgan fingerprint density at radius 1 is 1.40 bits per heavy atom. The Morgan fingerprint density at radius 3 is 2.60 bits per heavy atom. The fourth-order valence-electron chi connectivity index (χ4n) is 3.32. The molecule has 1 saturated carbocycles. The molecule has 0 radical (unpaired) electrons. The van der Waals surface area contributed by atoms with E-state index in [0.29, 0.717) is 25.4 Å². The SMILES string of the molecule is CCOC1(C(O)c2c(F)cccc2F)CCCC(C)C1. The minimum absolute atomic E-state index is 0.268. The van der Waals surface area contributed by atoms with Crippen molar-refractivity contribution in [1.82, 2.24) is 0 Å². The average molecular weight is 284 g/mol. The van der Waals surface area contributed by atoms with Crippen LogP contribution in [0.15, 0.2) is 18.2 Å². The zero-order chi connectivity index (χ0) is 14.8. The Bertz CT molecular complexity index is 440. The van der Waals surface area contributed by atoms with E-state index in [9.17, 15) is 13.9 Å². The number of aliphatic hydroxyl groups is 1. The van der Waals surface area contributed by atoms with E-state index in [-0.39, 0.29) is 5.56 Å². The van der Waals surface area contributed by atoms with Gasteiger partial charge in [0.15, 0.2) is 0 Å². The molecule has 1 N–H and O–H groups in total. The lowest BCUT2D eigenvalue weighted by molar-refractivity contribution is -0.151. The molecular weight excluding hydrogens is 262 g/mol. The molecule has 112 valence electrons. The summed E-state index contributed by atoms with van der Waals surface area (Å²) in [6, 6.07) is 3.65. The summed E-state index contributed by atoms with van der Waals surface area (Å²) in [7, 11) is 0. The van der Waals surface area contributed by atoms with Gasteiger partial charge in [0.05, 0.1) is 11.2 Å². The monoisotopic (exact) mass is 284 g/mol. The van der Waals surface area contributed by atoms with E-state index >= 15 is 0 Å². The van der Waals surface area contributed by atoms with Crippen LogP contribution in [0.25, 0.3) is 0 Å². The van der Waals surface area contributed by atoms with E-state index in [0.717, 1.165) is 12.8 Å². The van der Waals surface area contributed by atoms with Gasteiger partial charge in [-0.25, -0.2) is 8.78 Å². The summed E-state index contributed by atoms with van der Waals surface area (Å²) in [5, 5.41) is 10.6. The zero-order valence-electron chi connectivity index (χ0n) is 12.0. The van der Waals surface area contributed by atoms with E-state index < -0.39 is 23.3 Å². The van der Waals surface area contributed by atoms with Crippen LogP contribution < -0.4 is 0 Å². The summed E-state index contributed by atoms with van der Waals surface area (Å²) < 4.78 is 33.6. The molecule has 4 heteroatoms. The first-order valence-corrected chi connectivity index (χ1v) is 7.26. The Hall–Kier alpha value is -1.00. The van der Waals surface area contributed by atoms with Crippen molar-refractivity contribution >= 4 is 0 Å². The molecule has 1 aromatic carbocycles. The Morgan fingerprint density at radius 2 is 2.05 bits per heavy atom. The third kappa shape index (κ3) is 2.86. The Labute approximate surface area is 118 Å². The third-order valence-electron chi connectivity index (χ3n) is 4.19. The number of benzene rings is 1. The molecule has 1 aliphatic carbocycles. The second kappa shape index (κ2) is 6.19. The normalized spacial score (nSPS) is 28.4. The first kappa shape index (κ1) is 15.4. The molecule has 0 heterocycles. The van der Waals surface area contributed by atoms with Crippen LogP contribution in [-0.4, -0.2) is 17.3 Å². The molecule has 2 nitrogen and oxygen atoms in total. The van der Waals surface area contributed by atoms with Crippen molar-refractivity contribution in [3.05, 3.63) is 35.4 Å². The highest BCUT2D eigenvalue weighted by atomic mass is 19.1. The van der Waals surface area contributed by atoms with Crippen LogP contribution in [0.3, 0.4) is 0 Å². The van der Waals surface area contributed by atoms with Crippen LogP contribution in [0.2, 0.25) is 0 Å². The molecule has 0 aromatic heterocycles. The predicted molar refractivity (Wildman–Crippen MR) is 73.3 cm³/mol. The van der Waals surface area contributed by atoms with E-state index in [2.05, 4.69) is 6.92 Å². The van der Waals surface area contributed by atoms with Gasteiger partial charge in [-0.05, 0) is 37.8 Å². The molecule has 1 aliphatic rings. The fraction of sp³-hybridized carbons (Fsp3) is 0.625. The second-order valence-corrected chi connectivity index (χ2v) is 5.74. The van der Waals surface area contributed by atoms with Crippen molar-refractivity contribution in [1.29, 1.82) is 0 Å². The molecule has 0 saturated heterocycles. The summed E-state index contributed by atoms with van der Waals surface area (Å²) >= 11 is 0. The number of hydrogen-bond acceptors (Lipinski definition) is 2. The van der Waals surface area contributed by atoms with Crippen LogP contribution in [0.4, 0.5) is 8.78 Å². The quantitative estimate of drug-likeness (QED) is 0.906. The molecule has 3 unspecified atom stereocenters. The van der Waals surface area contributed by atoms with Gasteiger partial charge in [-0.1, -0.05) is 25.8 Å². The van der Waals surface area contributed by atoms with Gasteiger partial charge in [-0.3, -0.25) is 0 Å². The second-order valence-electron chi connectivity index (χ2n) is 5.74. The lowest BCUT2D eigenvalue weighted by Gasteiger charge is -2.43. The zero-order valence-corrected chi connectivity index (χ0v) is 12.0. The molecule has 3 atom stereocenters. The number of halogens is 2. The smallest absolute Gasteiger partial charge is 0.132 e. The molecule has 0 bridgehead atoms. The summed E-state index contributed by atoms with van der Waals surface area (Å²) in [5.41, 5.74) is -1.15. The van der Waals surface area contributed by atoms with Gasteiger partial charge in [0.25, 0.3) is 0 Å². The molecule has 2 rings (SSSR count). The maximum atomic E-state index is 13.9. The average Bonchev–Trinajstić information content (AvgIpc) is 2.38. The molecule has 1 fully saturated rings. The van der Waals surface area contributed by atoms with Crippen LogP contribution >= 0.6 is 0 Å². The molecular formula is C16H22F2O2. The lowest BCUT2D eigenvalue weighted by Crippen LogP contribution is -2.44. The summed E-state index contributed by atoms with van der Waals surface area (Å²) in [4.78, 5) is 0. The Kier molecular flexibility index (Phi) is 4.76. The highest BCUT2D eigenvalue weighted by Gasteiger charge is 2.44. The van der Waals surface area contributed by atoms with Gasteiger partial charge in [0.2, 0.25) is 0 Å². The van der Waals surface area contributed by atoms with E-state index in [4.69, 9.17) is 4.74 Å². The van der Waals surface area contributed by atoms with Crippen LogP contribution in [0.5, 0.6) is 0 Å². The van der Waals surface area contributed by atoms with Gasteiger partial charge in [-0.15, -0.1) is 0 Å². The molecule has 0 aliphatic heterocycles. The minimum atomic E-state index is -1.27. The van der Waals surface area contributed by atoms with Crippen molar-refractivity contribution in [2.24, 2.45) is 5.92 Å². The first-order valence-electron chi connectivity index (χ1n) is 7.26. The number of ether oxygens (including phenoxy) is 1. The van der Waals surface area contributed by atoms with Gasteiger partial charge in [0, 0.05) is 6.61 Å². The lowest BCUT2D eigenvalue weighted by atomic mass is 9.73. The standard InChI is InChI=1S/C16H22F2O2/c1-3-20-16(9-5-6-11(2)10-16)15(19)14-12(17)7-4-8-13(14)18/h4,7-8,11,15,19H,3,5-6,9-10H2,1-2H3. The van der Waals surface area contributed by atoms with E-state index in [1.54, 1.807) is 0 Å². The van der Waals surface area contributed by atoms with Crippen molar-refractivity contribution in [3.8, 4) is 0 Å². The van der Waals surface area contributed by atoms with Crippen molar-refractivity contribution in [3.63, 3.8) is 0 Å². The van der Waals surface area contributed by atoms with Gasteiger partial charge >= 0.3 is 0 Å². The molecule has 1 aromatic rings. The topological polar surface area (TPSA) is 29.5 Å². The molecule has 20 heavy (non-hydrogen) atoms. The number of aliphatic hydroxyl groups excluding tert-OH is 1. The summed E-state index contributed by atoms with van der Waals surface area (Å²) in [6.45, 7) is 4.34. The van der Waals surface area contributed by atoms with Gasteiger partial charge in [-0.2, -0.15) is 0 Å². The van der Waals surface area contributed by atoms with Crippen molar-refractivity contribution in [2.45, 2.75) is 51.2 Å². The largest absolute Gasteiger partial charge is 0.385 e. The summed E-state index contributed by atoms with van der Waals surface area (Å²) in [5.74, 6) is -1.05. The number of hydrogen-bond donors (Lipinski definition) is 1. The molecule has 0 spiro atoms. The number of rotatable bonds is 4. The van der Waals surface area contributed by atoms with Crippen LogP contribution in [-0.2, 0) is 4.74 Å². The fourth-order valence-corrected chi connectivity index (χ4v) is 3.32.